The number of hydrogen-bond donors (Lipinski definition) is 1. The van der Waals surface area contributed by atoms with Gasteiger partial charge in [0.15, 0.2) is 0 Å². The van der Waals surface area contributed by atoms with Gasteiger partial charge in [-0.15, -0.1) is 11.3 Å². The van der Waals surface area contributed by atoms with Gasteiger partial charge in [-0.25, -0.2) is 0 Å². The first-order chi connectivity index (χ1) is 7.08. The summed E-state index contributed by atoms with van der Waals surface area (Å²) in [5.41, 5.74) is 0. The third-order valence-electron chi connectivity index (χ3n) is 2.31. The van der Waals surface area contributed by atoms with Crippen LogP contribution >= 0.6 is 43.2 Å². The highest BCUT2D eigenvalue weighted by Crippen LogP contribution is 2.33. The molecule has 0 bridgehead atoms. The minimum atomic E-state index is -0.360. The number of halogens is 2. The summed E-state index contributed by atoms with van der Waals surface area (Å²) in [6.45, 7) is 1.10. The molecule has 1 aliphatic rings. The molecule has 6 heteroatoms. The molecule has 1 unspecified atom stereocenters. The number of β-amino-alcohol motifs (C(OH)–C–C–N with tert-alkyl or cyclic N) is 1. The molecule has 0 aromatic carbocycles. The monoisotopic (exact) mass is 353 g/mol. The molecule has 2 heterocycles. The first kappa shape index (κ1) is 11.6. The number of carbonyl (C=O) groups excluding carboxylic acids is 1. The Labute approximate surface area is 108 Å². The van der Waals surface area contributed by atoms with Gasteiger partial charge < -0.3 is 10.0 Å². The van der Waals surface area contributed by atoms with Crippen molar-refractivity contribution in [1.82, 2.24) is 4.90 Å². The predicted octanol–water partition coefficient (Wildman–Crippen LogP) is 2.48. The van der Waals surface area contributed by atoms with Crippen LogP contribution in [-0.2, 0) is 0 Å². The zero-order chi connectivity index (χ0) is 11.0. The minimum absolute atomic E-state index is 0.00273. The third kappa shape index (κ3) is 2.43. The zero-order valence-electron chi connectivity index (χ0n) is 7.74. The fourth-order valence-corrected chi connectivity index (χ4v) is 3.54. The van der Waals surface area contributed by atoms with Gasteiger partial charge in [-0.05, 0) is 44.3 Å². The van der Waals surface area contributed by atoms with Crippen molar-refractivity contribution in [3.8, 4) is 0 Å². The van der Waals surface area contributed by atoms with Gasteiger partial charge >= 0.3 is 0 Å². The highest BCUT2D eigenvalue weighted by Gasteiger charge is 2.26. The molecule has 1 fully saturated rings. The molecule has 1 saturated heterocycles. The fraction of sp³-hybridized carbons (Fsp3) is 0.444. The molecule has 1 N–H and O–H groups in total. The Morgan fingerprint density at radius 1 is 1.60 bits per heavy atom. The van der Waals surface area contributed by atoms with Crippen molar-refractivity contribution in [2.45, 2.75) is 12.5 Å². The summed E-state index contributed by atoms with van der Waals surface area (Å²) in [6, 6.07) is 1.81. The number of nitrogens with zero attached hydrogens (tertiary/aromatic N) is 1. The number of rotatable bonds is 1. The van der Waals surface area contributed by atoms with Crippen molar-refractivity contribution in [3.63, 3.8) is 0 Å². The summed E-state index contributed by atoms with van der Waals surface area (Å²) in [4.78, 5) is 14.3. The molecule has 0 radical (unpaired) electrons. The van der Waals surface area contributed by atoms with E-state index in [-0.39, 0.29) is 12.0 Å². The minimum Gasteiger partial charge on any atom is -0.391 e. The highest BCUT2D eigenvalue weighted by atomic mass is 79.9. The van der Waals surface area contributed by atoms with Crippen LogP contribution in [0.3, 0.4) is 0 Å². The molecule has 0 saturated carbocycles. The summed E-state index contributed by atoms with van der Waals surface area (Å²) >= 11 is 8.11. The molecule has 82 valence electrons. The van der Waals surface area contributed by atoms with Crippen molar-refractivity contribution >= 4 is 49.1 Å². The van der Waals surface area contributed by atoms with Gasteiger partial charge in [0.1, 0.15) is 0 Å². The smallest absolute Gasteiger partial charge is 0.264 e. The Morgan fingerprint density at radius 2 is 2.33 bits per heavy atom. The maximum atomic E-state index is 11.9. The number of amides is 1. The normalized spacial score (nSPS) is 21.0. The molecule has 2 rings (SSSR count). The molecule has 3 nitrogen and oxygen atoms in total. The van der Waals surface area contributed by atoms with E-state index in [1.807, 2.05) is 6.07 Å². The van der Waals surface area contributed by atoms with Crippen LogP contribution in [0.25, 0.3) is 0 Å². The van der Waals surface area contributed by atoms with Crippen LogP contribution < -0.4 is 0 Å². The molecule has 1 atom stereocenters. The summed E-state index contributed by atoms with van der Waals surface area (Å²) in [5, 5.41) is 9.35. The van der Waals surface area contributed by atoms with E-state index in [9.17, 15) is 9.90 Å². The van der Waals surface area contributed by atoms with E-state index in [0.717, 1.165) is 8.26 Å². The van der Waals surface area contributed by atoms with E-state index in [4.69, 9.17) is 0 Å². The van der Waals surface area contributed by atoms with E-state index in [1.54, 1.807) is 4.90 Å². The lowest BCUT2D eigenvalue weighted by molar-refractivity contribution is 0.0769. The second kappa shape index (κ2) is 4.53. The lowest BCUT2D eigenvalue weighted by Crippen LogP contribution is -2.28. The first-order valence-electron chi connectivity index (χ1n) is 4.50. The molecule has 0 spiro atoms. The quantitative estimate of drug-likeness (QED) is 0.841. The van der Waals surface area contributed by atoms with Crippen LogP contribution in [0, 0.1) is 0 Å². The average molecular weight is 355 g/mol. The number of aliphatic hydroxyl groups is 1. The van der Waals surface area contributed by atoms with Crippen molar-refractivity contribution < 1.29 is 9.90 Å². The fourth-order valence-electron chi connectivity index (χ4n) is 1.53. The Bertz CT molecular complexity index is 374. The summed E-state index contributed by atoms with van der Waals surface area (Å²) < 4.78 is 1.82. The Balaban J connectivity index is 2.14. The molecule has 1 amide bonds. The Morgan fingerprint density at radius 3 is 2.80 bits per heavy atom. The van der Waals surface area contributed by atoms with Gasteiger partial charge in [0.2, 0.25) is 0 Å². The number of likely N-dealkylation sites (tertiary alicyclic amines) is 1. The zero-order valence-corrected chi connectivity index (χ0v) is 11.7. The highest BCUT2D eigenvalue weighted by molar-refractivity contribution is 9.13. The van der Waals surface area contributed by atoms with Crippen LogP contribution in [0.2, 0.25) is 0 Å². The molecule has 1 aromatic heterocycles. The predicted molar refractivity (Wildman–Crippen MR) is 66.2 cm³/mol. The van der Waals surface area contributed by atoms with Gasteiger partial charge in [0.05, 0.1) is 14.8 Å². The van der Waals surface area contributed by atoms with Gasteiger partial charge in [-0.2, -0.15) is 0 Å². The lowest BCUT2D eigenvalue weighted by Gasteiger charge is -2.13. The van der Waals surface area contributed by atoms with Crippen molar-refractivity contribution in [2.75, 3.05) is 13.1 Å². The number of thiophene rings is 1. The van der Waals surface area contributed by atoms with Crippen LogP contribution in [0.4, 0.5) is 0 Å². The van der Waals surface area contributed by atoms with E-state index >= 15 is 0 Å². The number of aliphatic hydroxyl groups excluding tert-OH is 1. The van der Waals surface area contributed by atoms with Gasteiger partial charge in [-0.3, -0.25) is 4.79 Å². The van der Waals surface area contributed by atoms with Gasteiger partial charge in [0, 0.05) is 17.6 Å². The van der Waals surface area contributed by atoms with E-state index < -0.39 is 0 Å². The van der Waals surface area contributed by atoms with Crippen LogP contribution in [-0.4, -0.2) is 35.1 Å². The summed E-state index contributed by atoms with van der Waals surface area (Å²) in [5.74, 6) is 0.00273. The second-order valence-corrected chi connectivity index (χ2v) is 6.65. The molecule has 15 heavy (non-hydrogen) atoms. The largest absolute Gasteiger partial charge is 0.391 e. The summed E-state index contributed by atoms with van der Waals surface area (Å²) in [6.07, 6.45) is 0.320. The van der Waals surface area contributed by atoms with E-state index in [2.05, 4.69) is 31.9 Å². The molecule has 1 aromatic rings. The maximum absolute atomic E-state index is 11.9. The maximum Gasteiger partial charge on any atom is 0.264 e. The first-order valence-corrected chi connectivity index (χ1v) is 6.90. The van der Waals surface area contributed by atoms with Gasteiger partial charge in [0.25, 0.3) is 5.91 Å². The molecular weight excluding hydrogens is 346 g/mol. The summed E-state index contributed by atoms with van der Waals surface area (Å²) in [7, 11) is 0. The average Bonchev–Trinajstić information content (AvgIpc) is 2.74. The van der Waals surface area contributed by atoms with Crippen molar-refractivity contribution in [3.05, 3.63) is 19.2 Å². The standard InChI is InChI=1S/C9H9Br2NO2S/c10-6-3-7(15-8(6)11)9(14)12-2-1-5(13)4-12/h3,5,13H,1-2,4H2. The molecular formula is C9H9Br2NO2S. The van der Waals surface area contributed by atoms with Gasteiger partial charge in [-0.1, -0.05) is 0 Å². The SMILES string of the molecule is O=C(c1cc(Br)c(Br)s1)N1CCC(O)C1. The Hall–Kier alpha value is 0.0900. The van der Waals surface area contributed by atoms with Crippen molar-refractivity contribution in [2.24, 2.45) is 0 Å². The van der Waals surface area contributed by atoms with Crippen molar-refractivity contribution in [1.29, 1.82) is 0 Å². The lowest BCUT2D eigenvalue weighted by atomic mass is 10.3. The third-order valence-corrected chi connectivity index (χ3v) is 5.55. The van der Waals surface area contributed by atoms with Crippen LogP contribution in [0.15, 0.2) is 14.3 Å². The number of carbonyl (C=O) groups is 1. The van der Waals surface area contributed by atoms with Crippen LogP contribution in [0.5, 0.6) is 0 Å². The molecule has 1 aliphatic heterocycles. The Kier molecular flexibility index (Phi) is 3.49. The second-order valence-electron chi connectivity index (χ2n) is 3.43. The molecule has 0 aliphatic carbocycles. The van der Waals surface area contributed by atoms with E-state index in [1.165, 1.54) is 11.3 Å². The van der Waals surface area contributed by atoms with E-state index in [0.29, 0.717) is 24.4 Å². The van der Waals surface area contributed by atoms with Crippen LogP contribution in [0.1, 0.15) is 16.1 Å². The number of hydrogen-bond acceptors (Lipinski definition) is 3. The topological polar surface area (TPSA) is 40.5 Å².